The highest BCUT2D eigenvalue weighted by molar-refractivity contribution is 8.08. The molecule has 0 heterocycles. The van der Waals surface area contributed by atoms with E-state index in [1.807, 2.05) is 0 Å². The van der Waals surface area contributed by atoms with E-state index in [2.05, 4.69) is 40.7 Å². The molecule has 4 heteroatoms. The summed E-state index contributed by atoms with van der Waals surface area (Å²) in [5.41, 5.74) is 0. The smallest absolute Gasteiger partial charge is 0.303 e. The summed E-state index contributed by atoms with van der Waals surface area (Å²) in [7, 11) is 0. The molecule has 0 bridgehead atoms. The Morgan fingerprint density at radius 2 is 1.50 bits per heavy atom. The molecule has 0 aliphatic rings. The zero-order valence-electron chi connectivity index (χ0n) is 12.3. The van der Waals surface area contributed by atoms with Gasteiger partial charge in [0.1, 0.15) is 0 Å². The van der Waals surface area contributed by atoms with Crippen molar-refractivity contribution in [3.63, 3.8) is 0 Å². The summed E-state index contributed by atoms with van der Waals surface area (Å²) < 4.78 is 0. The van der Waals surface area contributed by atoms with Crippen LogP contribution in [-0.2, 0) is 4.79 Å². The summed E-state index contributed by atoms with van der Waals surface area (Å²) >= 11 is 3.41. The lowest BCUT2D eigenvalue weighted by molar-refractivity contribution is -0.137. The molecule has 0 aromatic heterocycles. The van der Waals surface area contributed by atoms with E-state index in [-0.39, 0.29) is 0 Å². The van der Waals surface area contributed by atoms with Gasteiger partial charge in [0.2, 0.25) is 0 Å². The molecule has 114 valence electrons. The Bertz CT molecular complexity index is 310. The number of carboxylic acids is 1. The van der Waals surface area contributed by atoms with E-state index in [1.54, 1.807) is 23.5 Å². The average Bonchev–Trinajstić information content (AvgIpc) is 2.43. The third-order valence-electron chi connectivity index (χ3n) is 2.56. The Labute approximate surface area is 131 Å². The summed E-state index contributed by atoms with van der Waals surface area (Å²) in [6.07, 6.45) is 12.3. The number of aliphatic carboxylic acids is 1. The van der Waals surface area contributed by atoms with Gasteiger partial charge in [-0.05, 0) is 47.3 Å². The summed E-state index contributed by atoms with van der Waals surface area (Å²) in [6.45, 7) is 2.13. The summed E-state index contributed by atoms with van der Waals surface area (Å²) in [4.78, 5) is 10.3. The molecule has 0 aromatic rings. The molecule has 0 aliphatic carbocycles. The minimum Gasteiger partial charge on any atom is -0.481 e. The van der Waals surface area contributed by atoms with Crippen LogP contribution in [0.3, 0.4) is 0 Å². The number of hydrogen-bond donors (Lipinski definition) is 1. The zero-order chi connectivity index (χ0) is 14.9. The molecule has 2 nitrogen and oxygen atoms in total. The largest absolute Gasteiger partial charge is 0.481 e. The number of hydrogen-bond acceptors (Lipinski definition) is 3. The first-order valence-electron chi connectivity index (χ1n) is 7.25. The SMILES string of the molecule is CCC=CSC=CSC=CCCCCCCCC(=O)O. The Morgan fingerprint density at radius 3 is 2.15 bits per heavy atom. The van der Waals surface area contributed by atoms with Crippen LogP contribution in [0.1, 0.15) is 58.3 Å². The number of carbonyl (C=O) groups is 1. The number of rotatable bonds is 13. The van der Waals surface area contributed by atoms with Crippen LogP contribution in [-0.4, -0.2) is 11.1 Å². The van der Waals surface area contributed by atoms with Gasteiger partial charge < -0.3 is 5.11 Å². The second-order valence-corrected chi connectivity index (χ2v) is 6.03. The lowest BCUT2D eigenvalue weighted by Crippen LogP contribution is -1.93. The highest BCUT2D eigenvalue weighted by Crippen LogP contribution is 2.13. The first-order valence-corrected chi connectivity index (χ1v) is 9.13. The fourth-order valence-corrected chi connectivity index (χ4v) is 2.74. The van der Waals surface area contributed by atoms with Gasteiger partial charge in [0.15, 0.2) is 0 Å². The van der Waals surface area contributed by atoms with Crippen molar-refractivity contribution in [3.8, 4) is 0 Å². The predicted octanol–water partition coefficient (Wildman–Crippen LogP) is 6.18. The van der Waals surface area contributed by atoms with Crippen molar-refractivity contribution in [1.82, 2.24) is 0 Å². The summed E-state index contributed by atoms with van der Waals surface area (Å²) in [6, 6.07) is 0. The maximum atomic E-state index is 10.3. The van der Waals surface area contributed by atoms with Crippen molar-refractivity contribution in [2.45, 2.75) is 58.3 Å². The molecule has 0 saturated carbocycles. The van der Waals surface area contributed by atoms with E-state index in [4.69, 9.17) is 5.11 Å². The highest BCUT2D eigenvalue weighted by Gasteiger charge is 1.95. The number of unbranched alkanes of at least 4 members (excludes halogenated alkanes) is 5. The summed E-state index contributed by atoms with van der Waals surface area (Å²) in [5, 5.41) is 16.9. The quantitative estimate of drug-likeness (QED) is 0.412. The van der Waals surface area contributed by atoms with Gasteiger partial charge in [-0.3, -0.25) is 4.79 Å². The van der Waals surface area contributed by atoms with Gasteiger partial charge in [-0.2, -0.15) is 0 Å². The lowest BCUT2D eigenvalue weighted by Gasteiger charge is -1.97. The van der Waals surface area contributed by atoms with Crippen molar-refractivity contribution >= 4 is 29.5 Å². The molecule has 0 radical (unpaired) electrons. The summed E-state index contributed by atoms with van der Waals surface area (Å²) in [5.74, 6) is -0.679. The molecule has 1 N–H and O–H groups in total. The van der Waals surface area contributed by atoms with Gasteiger partial charge in [-0.25, -0.2) is 0 Å². The van der Waals surface area contributed by atoms with E-state index in [9.17, 15) is 4.79 Å². The molecular formula is C16H26O2S2. The molecule has 0 rings (SSSR count). The minimum atomic E-state index is -0.679. The van der Waals surface area contributed by atoms with Gasteiger partial charge in [-0.1, -0.05) is 38.3 Å². The van der Waals surface area contributed by atoms with Gasteiger partial charge in [-0.15, -0.1) is 23.5 Å². The third-order valence-corrected chi connectivity index (χ3v) is 4.02. The third kappa shape index (κ3) is 17.4. The van der Waals surface area contributed by atoms with E-state index >= 15 is 0 Å². The van der Waals surface area contributed by atoms with Crippen LogP contribution in [0.4, 0.5) is 0 Å². The Kier molecular flexibility index (Phi) is 15.9. The van der Waals surface area contributed by atoms with E-state index in [0.29, 0.717) is 6.42 Å². The molecule has 0 aliphatic heterocycles. The van der Waals surface area contributed by atoms with Crippen molar-refractivity contribution in [2.24, 2.45) is 0 Å². The number of carboxylic acid groups (broad SMARTS) is 1. The molecule has 0 saturated heterocycles. The maximum Gasteiger partial charge on any atom is 0.303 e. The van der Waals surface area contributed by atoms with Gasteiger partial charge in [0.25, 0.3) is 0 Å². The highest BCUT2D eigenvalue weighted by atomic mass is 32.2. The molecule has 0 atom stereocenters. The molecule has 0 fully saturated rings. The van der Waals surface area contributed by atoms with Crippen LogP contribution in [0, 0.1) is 0 Å². The molecule has 0 aromatic carbocycles. The van der Waals surface area contributed by atoms with Crippen LogP contribution in [0.5, 0.6) is 0 Å². The lowest BCUT2D eigenvalue weighted by atomic mass is 10.1. The Morgan fingerprint density at radius 1 is 0.900 bits per heavy atom. The Hall–Kier alpha value is -0.610. The fraction of sp³-hybridized carbons (Fsp3) is 0.562. The van der Waals surface area contributed by atoms with Gasteiger partial charge in [0, 0.05) is 6.42 Å². The molecule has 20 heavy (non-hydrogen) atoms. The van der Waals surface area contributed by atoms with Gasteiger partial charge >= 0.3 is 5.97 Å². The normalized spacial score (nSPS) is 12.1. The maximum absolute atomic E-state index is 10.3. The average molecular weight is 315 g/mol. The van der Waals surface area contributed by atoms with Crippen LogP contribution in [0.15, 0.2) is 33.8 Å². The van der Waals surface area contributed by atoms with Crippen LogP contribution >= 0.6 is 23.5 Å². The Balaban J connectivity index is 3.23. The molecule has 0 amide bonds. The van der Waals surface area contributed by atoms with Gasteiger partial charge in [0.05, 0.1) is 0 Å². The topological polar surface area (TPSA) is 37.3 Å². The zero-order valence-corrected chi connectivity index (χ0v) is 13.9. The fourth-order valence-electron chi connectivity index (χ4n) is 1.50. The monoisotopic (exact) mass is 314 g/mol. The number of thioether (sulfide) groups is 2. The standard InChI is InChI=1S/C16H26O2S2/c1-2-3-12-19-14-15-20-13-10-8-6-4-5-7-9-11-16(17)18/h3,10,12-15H,2,4-9,11H2,1H3,(H,17,18). The number of allylic oxidation sites excluding steroid dienone is 2. The van der Waals surface area contributed by atoms with Crippen molar-refractivity contribution < 1.29 is 9.90 Å². The van der Waals surface area contributed by atoms with Crippen LogP contribution in [0.2, 0.25) is 0 Å². The molecular weight excluding hydrogens is 288 g/mol. The predicted molar refractivity (Wildman–Crippen MR) is 92.8 cm³/mol. The van der Waals surface area contributed by atoms with Crippen molar-refractivity contribution in [1.29, 1.82) is 0 Å². The van der Waals surface area contributed by atoms with E-state index in [1.165, 1.54) is 12.8 Å². The molecule has 0 unspecified atom stereocenters. The first-order chi connectivity index (χ1) is 9.77. The van der Waals surface area contributed by atoms with Crippen molar-refractivity contribution in [3.05, 3.63) is 33.8 Å². The second-order valence-electron chi connectivity index (χ2n) is 4.40. The van der Waals surface area contributed by atoms with E-state index < -0.39 is 5.97 Å². The van der Waals surface area contributed by atoms with E-state index in [0.717, 1.165) is 32.1 Å². The second kappa shape index (κ2) is 16.4. The van der Waals surface area contributed by atoms with Crippen LogP contribution in [0.25, 0.3) is 0 Å². The first kappa shape index (κ1) is 19.4. The van der Waals surface area contributed by atoms with Crippen LogP contribution < -0.4 is 0 Å². The van der Waals surface area contributed by atoms with Crippen molar-refractivity contribution in [2.75, 3.05) is 0 Å². The minimum absolute atomic E-state index is 0.314. The molecule has 0 spiro atoms.